The fourth-order valence-corrected chi connectivity index (χ4v) is 0. The minimum atomic E-state index is -1.50. The summed E-state index contributed by atoms with van der Waals surface area (Å²) in [5, 5.41) is 0. The molecule has 4 N–H and O–H groups in total. The van der Waals surface area contributed by atoms with Crippen LogP contribution in [0.2, 0.25) is 0 Å². The first kappa shape index (κ1) is 42.8. The van der Waals surface area contributed by atoms with Crippen LogP contribution < -0.4 is 0 Å². The first-order chi connectivity index (χ1) is 5.66. The van der Waals surface area contributed by atoms with E-state index in [0.717, 1.165) is 0 Å². The van der Waals surface area contributed by atoms with Crippen LogP contribution in [-0.4, -0.2) is 154 Å². The Morgan fingerprint density at radius 3 is 0.600 bits per heavy atom. The molecule has 0 amide bonds. The van der Waals surface area contributed by atoms with Crippen molar-refractivity contribution < 1.29 is 57.0 Å². The molecule has 8 nitrogen and oxygen atoms in total. The van der Waals surface area contributed by atoms with Gasteiger partial charge in [0.05, 0.1) is 0 Å². The van der Waals surface area contributed by atoms with Crippen LogP contribution in [0.3, 0.4) is 0 Å². The molecular formula is H8Al4Ca2O8Zn. The average Bonchev–Trinajstić information content (AvgIpc) is 1.92. The molecule has 0 aliphatic carbocycles. The van der Waals surface area contributed by atoms with Gasteiger partial charge in [0, 0.05) is 19.5 Å². The van der Waals surface area contributed by atoms with Gasteiger partial charge in [0.25, 0.3) is 0 Å². The molecule has 15 heteroatoms. The predicted molar refractivity (Wildman–Crippen MR) is 50.6 cm³/mol. The van der Waals surface area contributed by atoms with Crippen LogP contribution >= 0.6 is 0 Å². The maximum absolute atomic E-state index is 8.57. The molecule has 0 saturated heterocycles. The van der Waals surface area contributed by atoms with Gasteiger partial charge in [0.15, 0.2) is 0 Å². The van der Waals surface area contributed by atoms with Crippen molar-refractivity contribution in [3.05, 3.63) is 0 Å². The van der Waals surface area contributed by atoms with Crippen LogP contribution in [-0.2, 0) is 34.7 Å². The molecular weight excluding hydrogens is 381 g/mol. The van der Waals surface area contributed by atoms with E-state index in [4.69, 9.17) is 31.8 Å². The summed E-state index contributed by atoms with van der Waals surface area (Å²) in [7, 11) is 0. The molecule has 15 heavy (non-hydrogen) atoms. The summed E-state index contributed by atoms with van der Waals surface area (Å²) in [5.74, 6) is 0. The third kappa shape index (κ3) is 322. The molecule has 0 heterocycles. The topological polar surface area (TPSA) is 149 Å². The van der Waals surface area contributed by atoms with Crippen LogP contribution in [0.15, 0.2) is 0 Å². The van der Waals surface area contributed by atoms with Crippen LogP contribution in [0.25, 0.3) is 0 Å². The molecule has 0 rings (SSSR count). The normalized spacial score (nSPS) is 2.13. The van der Waals surface area contributed by atoms with Crippen molar-refractivity contribution in [2.75, 3.05) is 0 Å². The van der Waals surface area contributed by atoms with E-state index >= 15 is 0 Å². The molecule has 74 valence electrons. The predicted octanol–water partition coefficient (Wildman–Crippen LogP) is -4.54. The summed E-state index contributed by atoms with van der Waals surface area (Å²) in [4.78, 5) is 0. The van der Waals surface area contributed by atoms with Crippen LogP contribution in [0, 0.1) is 0 Å². The summed E-state index contributed by atoms with van der Waals surface area (Å²) in [6.07, 6.45) is 0. The SMILES string of the molecule is [Ca+2].[Ca+2].[H-].[H-].[H-].[H-].[O]=[Al][OH].[O]=[Al][OH].[O]=[Al][OH].[O]=[Al][OH].[Zn]. The van der Waals surface area contributed by atoms with E-state index in [1.54, 1.807) is 0 Å². The van der Waals surface area contributed by atoms with Gasteiger partial charge < -0.3 is 5.71 Å². The summed E-state index contributed by atoms with van der Waals surface area (Å²) in [6.45, 7) is 0. The van der Waals surface area contributed by atoms with Crippen molar-refractivity contribution >= 4 is 137 Å². The maximum Gasteiger partial charge on any atom is 0 e. The zero-order chi connectivity index (χ0) is 10.8. The van der Waals surface area contributed by atoms with E-state index in [9.17, 15) is 0 Å². The first-order valence-corrected chi connectivity index (χ1v) is 5.93. The summed E-state index contributed by atoms with van der Waals surface area (Å²) in [6, 6.07) is 0. The third-order valence-electron chi connectivity index (χ3n) is 0. The second kappa shape index (κ2) is 83.4. The monoisotopic (exact) mass is 388 g/mol. The molecule has 0 bridgehead atoms. The standard InChI is InChI=1S/4Al.2Ca.4H2O.4O.Zn.4H/h;;;;;;4*1H2;;;;;;;;;/q4*+1;2*+2;;;;;;;;;;4*-1/p-4. The van der Waals surface area contributed by atoms with Gasteiger partial charge in [0.1, 0.15) is 0 Å². The Morgan fingerprint density at radius 2 is 0.600 bits per heavy atom. The van der Waals surface area contributed by atoms with E-state index in [0.29, 0.717) is 0 Å². The Hall–Kier alpha value is 3.67. The fourth-order valence-electron chi connectivity index (χ4n) is 0. The molecule has 0 aromatic heterocycles. The van der Waals surface area contributed by atoms with Crippen molar-refractivity contribution in [2.45, 2.75) is 0 Å². The number of hydrogen-bond acceptors (Lipinski definition) is 4. The first-order valence-electron chi connectivity index (χ1n) is 1.98. The molecule has 0 saturated carbocycles. The molecule has 0 spiro atoms. The smallest absolute Gasteiger partial charge is 0 e. The van der Waals surface area contributed by atoms with E-state index in [1.807, 2.05) is 0 Å². The Balaban J connectivity index is -0.00000000444. The Kier molecular flexibility index (Phi) is 238. The summed E-state index contributed by atoms with van der Waals surface area (Å²) < 4.78 is 62.7. The fraction of sp³-hybridized carbons (Fsp3) is 0. The van der Waals surface area contributed by atoms with Gasteiger partial charge in [-0.3, -0.25) is 0 Å². The molecule has 0 aromatic carbocycles. The van der Waals surface area contributed by atoms with Gasteiger partial charge in [-0.25, -0.2) is 0 Å². The van der Waals surface area contributed by atoms with Crippen molar-refractivity contribution in [2.24, 2.45) is 0 Å². The molecule has 0 aromatic rings. The van der Waals surface area contributed by atoms with Gasteiger partial charge in [-0.2, -0.15) is 0 Å². The van der Waals surface area contributed by atoms with Crippen molar-refractivity contribution in [1.82, 2.24) is 0 Å². The quantitative estimate of drug-likeness (QED) is 0.303. The zero-order valence-electron chi connectivity index (χ0n) is 11.9. The van der Waals surface area contributed by atoms with E-state index in [1.165, 1.54) is 0 Å². The largest absolute Gasteiger partial charge is 0 e. The molecule has 0 aliphatic heterocycles. The van der Waals surface area contributed by atoms with Crippen molar-refractivity contribution in [1.29, 1.82) is 0 Å². The van der Waals surface area contributed by atoms with E-state index in [2.05, 4.69) is 0 Å². The average molecular weight is 390 g/mol. The third-order valence-corrected chi connectivity index (χ3v) is 0. The second-order valence-corrected chi connectivity index (χ2v) is 1.26. The van der Waals surface area contributed by atoms with Crippen LogP contribution in [0.5, 0.6) is 0 Å². The van der Waals surface area contributed by atoms with Gasteiger partial charge in [0.2, 0.25) is 0 Å². The number of hydrogen-bond donors (Lipinski definition) is 4. The minimum Gasteiger partial charge on any atom is 0 e. The summed E-state index contributed by atoms with van der Waals surface area (Å²) in [5.41, 5.74) is 0. The number of rotatable bonds is 0. The van der Waals surface area contributed by atoms with Gasteiger partial charge in [-0.05, 0) is 0 Å². The molecule has 0 atom stereocenters. The molecule has 0 aliphatic rings. The van der Waals surface area contributed by atoms with Crippen LogP contribution in [0.4, 0.5) is 0 Å². The summed E-state index contributed by atoms with van der Waals surface area (Å²) >= 11 is -6.00. The van der Waals surface area contributed by atoms with Gasteiger partial charge in [-0.1, -0.05) is 0 Å². The Morgan fingerprint density at radius 1 is 0.600 bits per heavy atom. The molecule has 0 fully saturated rings. The van der Waals surface area contributed by atoms with Gasteiger partial charge >= 0.3 is 169 Å². The maximum atomic E-state index is 8.57. The zero-order valence-corrected chi connectivity index (χ0v) is 19.9. The van der Waals surface area contributed by atoms with E-state index in [-0.39, 0.29) is 101 Å². The Labute approximate surface area is 190 Å². The molecule has 0 unspecified atom stereocenters. The Bertz CT molecular complexity index is 92.7. The molecule has 0 radical (unpaired) electrons. The second-order valence-electron chi connectivity index (χ2n) is 0.422. The van der Waals surface area contributed by atoms with Crippen molar-refractivity contribution in [3.8, 4) is 0 Å². The van der Waals surface area contributed by atoms with Crippen LogP contribution in [0.1, 0.15) is 5.71 Å². The van der Waals surface area contributed by atoms with Crippen molar-refractivity contribution in [3.63, 3.8) is 0 Å². The minimum absolute atomic E-state index is 0. The van der Waals surface area contributed by atoms with Gasteiger partial charge in [-0.15, -0.1) is 0 Å². The van der Waals surface area contributed by atoms with E-state index < -0.39 is 61.9 Å².